The molecule has 1 atom stereocenters. The Morgan fingerprint density at radius 1 is 0.595 bits per heavy atom. The van der Waals surface area contributed by atoms with E-state index in [1.54, 1.807) is 6.92 Å². The molecule has 0 aliphatic heterocycles. The van der Waals surface area contributed by atoms with Crippen LogP contribution in [0.1, 0.15) is 161 Å². The van der Waals surface area contributed by atoms with Gasteiger partial charge in [-0.2, -0.15) is 19.6 Å². The lowest BCUT2D eigenvalue weighted by molar-refractivity contribution is -0.547. The lowest BCUT2D eigenvalue weighted by atomic mass is 9.94. The lowest BCUT2D eigenvalue weighted by Crippen LogP contribution is -2.47. The summed E-state index contributed by atoms with van der Waals surface area (Å²) >= 11 is 0. The molecule has 0 radical (unpaired) electrons. The summed E-state index contributed by atoms with van der Waals surface area (Å²) in [6, 6.07) is 0. The van der Waals surface area contributed by atoms with Gasteiger partial charge in [0.2, 0.25) is 11.6 Å². The van der Waals surface area contributed by atoms with Crippen LogP contribution in [0.3, 0.4) is 0 Å². The van der Waals surface area contributed by atoms with Crippen molar-refractivity contribution >= 4 is 5.97 Å². The zero-order chi connectivity index (χ0) is 32.9. The topological polar surface area (TPSA) is 111 Å². The van der Waals surface area contributed by atoms with Gasteiger partial charge >= 0.3 is 5.97 Å². The number of hydrogen-bond donors (Lipinski definition) is 1. The molecule has 0 bridgehead atoms. The number of carboxylic acid groups (broad SMARTS) is 1. The molecule has 10 heteroatoms. The number of carboxylic acids is 1. The number of carbonyl (C=O) groups is 1. The van der Waals surface area contributed by atoms with E-state index in [1.807, 2.05) is 69.2 Å². The first-order chi connectivity index (χ1) is 19.2. The number of rotatable bonds is 19. The zero-order valence-corrected chi connectivity index (χ0v) is 29.3. The Morgan fingerprint density at radius 2 is 0.929 bits per heavy atom. The number of hydrogen-bond acceptors (Lipinski definition) is 9. The fraction of sp³-hybridized carbons (Fsp3) is 0.969. The Labute approximate surface area is 256 Å². The zero-order valence-electron chi connectivity index (χ0n) is 29.3. The van der Waals surface area contributed by atoms with E-state index in [0.717, 1.165) is 38.5 Å². The fourth-order valence-corrected chi connectivity index (χ4v) is 3.17. The van der Waals surface area contributed by atoms with Gasteiger partial charge in [-0.25, -0.2) is 19.6 Å². The highest BCUT2D eigenvalue weighted by atomic mass is 17.3. The van der Waals surface area contributed by atoms with Gasteiger partial charge in [0, 0.05) is 12.8 Å². The highest BCUT2D eigenvalue weighted by molar-refractivity contribution is 5.71. The van der Waals surface area contributed by atoms with E-state index in [4.69, 9.17) is 39.1 Å². The van der Waals surface area contributed by atoms with Gasteiger partial charge in [-0.1, -0.05) is 41.0 Å². The molecule has 0 aromatic rings. The van der Waals surface area contributed by atoms with Crippen LogP contribution >= 0.6 is 0 Å². The van der Waals surface area contributed by atoms with Crippen LogP contribution in [0.4, 0.5) is 0 Å². The summed E-state index contributed by atoms with van der Waals surface area (Å²) in [5.41, 5.74) is -1.73. The van der Waals surface area contributed by atoms with E-state index >= 15 is 0 Å². The highest BCUT2D eigenvalue weighted by Gasteiger charge is 2.46. The maximum absolute atomic E-state index is 11.5. The molecule has 1 aliphatic rings. The monoisotopic (exact) mass is 608 g/mol. The third-order valence-electron chi connectivity index (χ3n) is 8.06. The molecule has 1 N–H and O–H groups in total. The first kappa shape index (κ1) is 41.1. The Morgan fingerprint density at radius 3 is 1.21 bits per heavy atom. The molecule has 0 spiro atoms. The largest absolute Gasteiger partial charge is 0.481 e. The van der Waals surface area contributed by atoms with Crippen LogP contribution in [-0.2, 0) is 43.9 Å². The third-order valence-corrected chi connectivity index (χ3v) is 8.06. The fourth-order valence-electron chi connectivity index (χ4n) is 3.17. The molecule has 0 aromatic carbocycles. The average Bonchev–Trinajstić information content (AvgIpc) is 2.94. The van der Waals surface area contributed by atoms with Crippen molar-refractivity contribution in [2.45, 2.75) is 195 Å². The predicted molar refractivity (Wildman–Crippen MR) is 162 cm³/mol. The quantitative estimate of drug-likeness (QED) is 0.0866. The SMILES string of the molecule is CCC(C(=O)O)C(C)(OOC(C)(C)CC)OOC(C)(C)CC.CCC(C)(C)OOC1(OOC(C)(C)CC)CCCCC1. The Hall–Kier alpha value is -0.850. The van der Waals surface area contributed by atoms with Gasteiger partial charge in [-0.05, 0) is 107 Å². The molecular weight excluding hydrogens is 544 g/mol. The van der Waals surface area contributed by atoms with E-state index in [1.165, 1.54) is 13.3 Å². The Bertz CT molecular complexity index is 714. The number of aliphatic carboxylic acids is 1. The van der Waals surface area contributed by atoms with Crippen molar-refractivity contribution in [3.63, 3.8) is 0 Å². The molecule has 42 heavy (non-hydrogen) atoms. The predicted octanol–water partition coefficient (Wildman–Crippen LogP) is 9.01. The molecule has 1 saturated carbocycles. The molecule has 1 aliphatic carbocycles. The third kappa shape index (κ3) is 15.2. The van der Waals surface area contributed by atoms with Gasteiger partial charge in [-0.3, -0.25) is 4.79 Å². The second kappa shape index (κ2) is 17.6. The average molecular weight is 609 g/mol. The van der Waals surface area contributed by atoms with Gasteiger partial charge in [0.15, 0.2) is 0 Å². The second-order valence-corrected chi connectivity index (χ2v) is 13.9. The van der Waals surface area contributed by atoms with Crippen LogP contribution in [0.25, 0.3) is 0 Å². The van der Waals surface area contributed by atoms with Crippen molar-refractivity contribution in [2.24, 2.45) is 5.92 Å². The summed E-state index contributed by atoms with van der Waals surface area (Å²) in [4.78, 5) is 55.8. The van der Waals surface area contributed by atoms with Crippen molar-refractivity contribution in [1.29, 1.82) is 0 Å². The summed E-state index contributed by atoms with van der Waals surface area (Å²) < 4.78 is 0. The molecule has 0 saturated heterocycles. The minimum atomic E-state index is -1.54. The van der Waals surface area contributed by atoms with Crippen LogP contribution in [0.2, 0.25) is 0 Å². The van der Waals surface area contributed by atoms with Crippen LogP contribution in [0, 0.1) is 5.92 Å². The first-order valence-corrected chi connectivity index (χ1v) is 15.9. The van der Waals surface area contributed by atoms with Gasteiger partial charge < -0.3 is 5.11 Å². The molecule has 1 fully saturated rings. The maximum Gasteiger partial charge on any atom is 0.312 e. The molecule has 10 nitrogen and oxygen atoms in total. The van der Waals surface area contributed by atoms with Crippen LogP contribution in [0.5, 0.6) is 0 Å². The maximum atomic E-state index is 11.5. The van der Waals surface area contributed by atoms with Gasteiger partial charge in [0.1, 0.15) is 5.92 Å². The van der Waals surface area contributed by atoms with Crippen LogP contribution in [-0.4, -0.2) is 45.1 Å². The molecule has 252 valence electrons. The molecule has 0 heterocycles. The normalized spacial score (nSPS) is 17.4. The van der Waals surface area contributed by atoms with Crippen LogP contribution in [0.15, 0.2) is 0 Å². The second-order valence-electron chi connectivity index (χ2n) is 13.9. The highest BCUT2D eigenvalue weighted by Crippen LogP contribution is 2.36. The minimum absolute atomic E-state index is 0.311. The van der Waals surface area contributed by atoms with E-state index in [0.29, 0.717) is 19.3 Å². The van der Waals surface area contributed by atoms with E-state index in [2.05, 4.69) is 13.8 Å². The smallest absolute Gasteiger partial charge is 0.312 e. The van der Waals surface area contributed by atoms with E-state index in [9.17, 15) is 9.90 Å². The molecular formula is C32H64O10. The van der Waals surface area contributed by atoms with Crippen molar-refractivity contribution in [2.75, 3.05) is 0 Å². The summed E-state index contributed by atoms with van der Waals surface area (Å²) in [6.07, 6.45) is 8.47. The van der Waals surface area contributed by atoms with Gasteiger partial charge in [0.05, 0.1) is 22.4 Å². The summed E-state index contributed by atoms with van der Waals surface area (Å²) in [5, 5.41) is 9.41. The molecule has 1 rings (SSSR count). The molecule has 1 unspecified atom stereocenters. The Balaban J connectivity index is 0.000000803. The summed E-state index contributed by atoms with van der Waals surface area (Å²) in [7, 11) is 0. The first-order valence-electron chi connectivity index (χ1n) is 15.9. The minimum Gasteiger partial charge on any atom is -0.481 e. The standard InChI is InChI=1S/C16H32O6.C16H32O4/c1-9-12(13(17)18)16(8,21-19-14(4,5)10-2)22-20-15(6,7)11-3;1-7-14(3,4)17-19-16(12-10-9-11-13-16)20-18-15(5,6)8-2/h12H,9-11H2,1-8H3,(H,17,18);7-13H2,1-6H3. The summed E-state index contributed by atoms with van der Waals surface area (Å²) in [6.45, 7) is 26.8. The molecule has 0 aromatic heterocycles. The van der Waals surface area contributed by atoms with Crippen molar-refractivity contribution < 1.29 is 49.0 Å². The molecule has 0 amide bonds. The van der Waals surface area contributed by atoms with Crippen LogP contribution < -0.4 is 0 Å². The van der Waals surface area contributed by atoms with E-state index in [-0.39, 0.29) is 11.2 Å². The van der Waals surface area contributed by atoms with Crippen molar-refractivity contribution in [3.8, 4) is 0 Å². The van der Waals surface area contributed by atoms with E-state index < -0.39 is 34.7 Å². The van der Waals surface area contributed by atoms with Crippen molar-refractivity contribution in [1.82, 2.24) is 0 Å². The lowest BCUT2D eigenvalue weighted by Gasteiger charge is -2.38. The van der Waals surface area contributed by atoms with Gasteiger partial charge in [0.25, 0.3) is 0 Å². The van der Waals surface area contributed by atoms with Gasteiger partial charge in [-0.15, -0.1) is 0 Å². The van der Waals surface area contributed by atoms with Crippen molar-refractivity contribution in [3.05, 3.63) is 0 Å². The Kier molecular flexibility index (Phi) is 17.2. The summed E-state index contributed by atoms with van der Waals surface area (Å²) in [5.74, 6) is -4.25.